The molecular weight excluding hydrogens is 446 g/mol. The lowest BCUT2D eigenvalue weighted by atomic mass is 9.95. The van der Waals surface area contributed by atoms with Crippen molar-refractivity contribution in [2.24, 2.45) is 0 Å². The van der Waals surface area contributed by atoms with Crippen molar-refractivity contribution in [1.29, 1.82) is 0 Å². The number of carbonyl (C=O) groups is 1. The van der Waals surface area contributed by atoms with Gasteiger partial charge in [0.25, 0.3) is 5.56 Å². The van der Waals surface area contributed by atoms with E-state index in [-0.39, 0.29) is 24.1 Å². The number of anilines is 1. The minimum absolute atomic E-state index is 0.118. The summed E-state index contributed by atoms with van der Waals surface area (Å²) in [6.45, 7) is 1.76. The van der Waals surface area contributed by atoms with Crippen molar-refractivity contribution in [2.75, 3.05) is 5.32 Å². The van der Waals surface area contributed by atoms with Crippen LogP contribution in [0.2, 0.25) is 0 Å². The van der Waals surface area contributed by atoms with Gasteiger partial charge in [-0.2, -0.15) is 0 Å². The molecule has 6 nitrogen and oxygen atoms in total. The number of para-hydroxylation sites is 1. The molecule has 156 valence electrons. The Hall–Kier alpha value is -2.67. The number of amides is 1. The molecule has 0 radical (unpaired) electrons. The van der Waals surface area contributed by atoms with Crippen LogP contribution in [0.5, 0.6) is 0 Å². The molecule has 1 N–H and O–H groups in total. The van der Waals surface area contributed by atoms with Gasteiger partial charge in [0.15, 0.2) is 0 Å². The van der Waals surface area contributed by atoms with E-state index < -0.39 is 5.69 Å². The van der Waals surface area contributed by atoms with Crippen LogP contribution in [0.25, 0.3) is 10.9 Å². The van der Waals surface area contributed by atoms with Gasteiger partial charge in [0, 0.05) is 16.2 Å². The molecule has 1 fully saturated rings. The highest BCUT2D eigenvalue weighted by molar-refractivity contribution is 9.10. The van der Waals surface area contributed by atoms with E-state index in [1.165, 1.54) is 9.13 Å². The fraction of sp³-hybridized carbons (Fsp3) is 0.348. The van der Waals surface area contributed by atoms with Crippen LogP contribution < -0.4 is 16.6 Å². The Labute approximate surface area is 182 Å². The zero-order chi connectivity index (χ0) is 21.3. The summed E-state index contributed by atoms with van der Waals surface area (Å²) in [6, 6.07) is 12.6. The smallest absolute Gasteiger partial charge is 0.324 e. The summed E-state index contributed by atoms with van der Waals surface area (Å²) in [7, 11) is 0. The van der Waals surface area contributed by atoms with Crippen LogP contribution in [0.15, 0.2) is 56.5 Å². The maximum Gasteiger partial charge on any atom is 0.332 e. The van der Waals surface area contributed by atoms with Crippen LogP contribution in [0, 0.1) is 6.92 Å². The Bertz CT molecular complexity index is 1220. The van der Waals surface area contributed by atoms with Crippen LogP contribution in [-0.2, 0) is 11.3 Å². The lowest BCUT2D eigenvalue weighted by Gasteiger charge is -2.24. The first-order valence-electron chi connectivity index (χ1n) is 10.3. The number of halogens is 1. The van der Waals surface area contributed by atoms with E-state index in [9.17, 15) is 14.4 Å². The fourth-order valence-corrected chi connectivity index (χ4v) is 4.59. The molecule has 0 spiro atoms. The van der Waals surface area contributed by atoms with E-state index in [0.29, 0.717) is 16.6 Å². The van der Waals surface area contributed by atoms with Crippen LogP contribution in [0.4, 0.5) is 5.69 Å². The van der Waals surface area contributed by atoms with Gasteiger partial charge in [0.2, 0.25) is 5.91 Å². The minimum Gasteiger partial charge on any atom is -0.324 e. The van der Waals surface area contributed by atoms with Crippen molar-refractivity contribution in [2.45, 2.75) is 51.6 Å². The largest absolute Gasteiger partial charge is 0.332 e. The van der Waals surface area contributed by atoms with Crippen molar-refractivity contribution in [3.8, 4) is 0 Å². The van der Waals surface area contributed by atoms with Gasteiger partial charge < -0.3 is 5.32 Å². The zero-order valence-electron chi connectivity index (χ0n) is 16.9. The van der Waals surface area contributed by atoms with E-state index in [1.807, 2.05) is 31.2 Å². The first-order chi connectivity index (χ1) is 14.5. The quantitative estimate of drug-likeness (QED) is 0.615. The Morgan fingerprint density at radius 1 is 1.10 bits per heavy atom. The Morgan fingerprint density at radius 3 is 2.57 bits per heavy atom. The SMILES string of the molecule is Cc1ccccc1NC(=O)Cn1c(=O)n(C2CCCCC2)c(=O)c2cc(Br)ccc21. The topological polar surface area (TPSA) is 73.1 Å². The zero-order valence-corrected chi connectivity index (χ0v) is 18.4. The number of nitrogens with one attached hydrogen (secondary N) is 1. The molecular formula is C23H24BrN3O3. The second-order valence-electron chi connectivity index (χ2n) is 7.86. The molecule has 1 aliphatic carbocycles. The maximum absolute atomic E-state index is 13.4. The molecule has 1 saturated carbocycles. The number of hydrogen-bond acceptors (Lipinski definition) is 3. The lowest BCUT2D eigenvalue weighted by molar-refractivity contribution is -0.116. The van der Waals surface area contributed by atoms with Crippen molar-refractivity contribution < 1.29 is 4.79 Å². The second-order valence-corrected chi connectivity index (χ2v) is 8.78. The van der Waals surface area contributed by atoms with Gasteiger partial charge in [-0.3, -0.25) is 18.7 Å². The molecule has 7 heteroatoms. The third kappa shape index (κ3) is 3.99. The van der Waals surface area contributed by atoms with Crippen LogP contribution in [0.1, 0.15) is 43.7 Å². The van der Waals surface area contributed by atoms with E-state index >= 15 is 0 Å². The second kappa shape index (κ2) is 8.60. The van der Waals surface area contributed by atoms with Gasteiger partial charge >= 0.3 is 5.69 Å². The fourth-order valence-electron chi connectivity index (χ4n) is 4.23. The van der Waals surface area contributed by atoms with E-state index in [4.69, 9.17) is 0 Å². The molecule has 1 heterocycles. The summed E-state index contributed by atoms with van der Waals surface area (Å²) in [4.78, 5) is 39.4. The molecule has 0 unspecified atom stereocenters. The van der Waals surface area contributed by atoms with Crippen LogP contribution >= 0.6 is 15.9 Å². The maximum atomic E-state index is 13.4. The Morgan fingerprint density at radius 2 is 1.83 bits per heavy atom. The average molecular weight is 470 g/mol. The van der Waals surface area contributed by atoms with Gasteiger partial charge in [0.05, 0.1) is 10.9 Å². The van der Waals surface area contributed by atoms with Gasteiger partial charge in [-0.1, -0.05) is 53.4 Å². The number of benzene rings is 2. The van der Waals surface area contributed by atoms with E-state index in [2.05, 4.69) is 21.2 Å². The summed E-state index contributed by atoms with van der Waals surface area (Å²) in [5, 5.41) is 3.32. The molecule has 1 amide bonds. The Kier molecular flexibility index (Phi) is 5.90. The van der Waals surface area contributed by atoms with Crippen molar-refractivity contribution in [3.63, 3.8) is 0 Å². The third-order valence-corrected chi connectivity index (χ3v) is 6.29. The highest BCUT2D eigenvalue weighted by Gasteiger charge is 2.23. The number of carbonyl (C=O) groups excluding carboxylic acids is 1. The minimum atomic E-state index is -0.415. The molecule has 0 aliphatic heterocycles. The summed E-state index contributed by atoms with van der Waals surface area (Å²) >= 11 is 3.42. The van der Waals surface area contributed by atoms with Crippen molar-refractivity contribution in [1.82, 2.24) is 9.13 Å². The Balaban J connectivity index is 1.80. The molecule has 0 bridgehead atoms. The highest BCUT2D eigenvalue weighted by Crippen LogP contribution is 2.26. The first kappa shape index (κ1) is 20.6. The number of nitrogens with zero attached hydrogens (tertiary/aromatic N) is 2. The summed E-state index contributed by atoms with van der Waals surface area (Å²) in [5.41, 5.74) is 1.43. The van der Waals surface area contributed by atoms with Crippen LogP contribution in [-0.4, -0.2) is 15.0 Å². The molecule has 2 aromatic carbocycles. The van der Waals surface area contributed by atoms with Crippen molar-refractivity contribution >= 4 is 38.4 Å². The van der Waals surface area contributed by atoms with Gasteiger partial charge in [0.1, 0.15) is 6.54 Å². The summed E-state index contributed by atoms with van der Waals surface area (Å²) < 4.78 is 3.55. The molecule has 4 rings (SSSR count). The summed E-state index contributed by atoms with van der Waals surface area (Å²) in [6.07, 6.45) is 4.74. The van der Waals surface area contributed by atoms with Crippen molar-refractivity contribution in [3.05, 3.63) is 73.3 Å². The molecule has 0 atom stereocenters. The standard InChI is InChI=1S/C23H24BrN3O3/c1-15-7-5-6-10-19(15)25-21(28)14-26-20-12-11-16(24)13-18(20)22(29)27(23(26)30)17-8-3-2-4-9-17/h5-7,10-13,17H,2-4,8-9,14H2,1H3,(H,25,28). The van der Waals surface area contributed by atoms with Gasteiger partial charge in [-0.15, -0.1) is 0 Å². The molecule has 0 saturated heterocycles. The molecule has 1 aromatic heterocycles. The summed E-state index contributed by atoms with van der Waals surface area (Å²) in [5.74, 6) is -0.301. The van der Waals surface area contributed by atoms with Gasteiger partial charge in [-0.25, -0.2) is 4.79 Å². The predicted octanol–water partition coefficient (Wildman–Crippen LogP) is 4.38. The lowest BCUT2D eigenvalue weighted by Crippen LogP contribution is -2.44. The number of rotatable bonds is 4. The normalized spacial score (nSPS) is 14.7. The third-order valence-electron chi connectivity index (χ3n) is 5.80. The predicted molar refractivity (Wildman–Crippen MR) is 122 cm³/mol. The van der Waals surface area contributed by atoms with Gasteiger partial charge in [-0.05, 0) is 49.6 Å². The number of aryl methyl sites for hydroxylation is 1. The number of hydrogen-bond donors (Lipinski definition) is 1. The van der Waals surface area contributed by atoms with E-state index in [0.717, 1.165) is 42.1 Å². The molecule has 3 aromatic rings. The average Bonchev–Trinajstić information content (AvgIpc) is 2.74. The molecule has 1 aliphatic rings. The number of aromatic nitrogens is 2. The highest BCUT2D eigenvalue weighted by atomic mass is 79.9. The monoisotopic (exact) mass is 469 g/mol. The first-order valence-corrected chi connectivity index (χ1v) is 11.0. The van der Waals surface area contributed by atoms with E-state index in [1.54, 1.807) is 18.2 Å². The number of fused-ring (bicyclic) bond motifs is 1. The molecule has 30 heavy (non-hydrogen) atoms. The van der Waals surface area contributed by atoms with Crippen LogP contribution in [0.3, 0.4) is 0 Å².